The topological polar surface area (TPSA) is 24.7 Å². The molecule has 1 aliphatic rings. The van der Waals surface area contributed by atoms with Gasteiger partial charge in [0.15, 0.2) is 0 Å². The van der Waals surface area contributed by atoms with Crippen LogP contribution >= 0.6 is 15.9 Å². The summed E-state index contributed by atoms with van der Waals surface area (Å²) in [5.74, 6) is -0.498. The van der Waals surface area contributed by atoms with Gasteiger partial charge in [0, 0.05) is 4.47 Å². The van der Waals surface area contributed by atoms with Crippen molar-refractivity contribution in [1.82, 2.24) is 0 Å². The van der Waals surface area contributed by atoms with Crippen molar-refractivity contribution < 1.29 is 8.78 Å². The van der Waals surface area contributed by atoms with E-state index in [9.17, 15) is 8.78 Å². The lowest BCUT2D eigenvalue weighted by Gasteiger charge is -1.84. The number of hydrogen-bond donors (Lipinski definition) is 0. The van der Waals surface area contributed by atoms with E-state index in [1.165, 1.54) is 0 Å². The molecule has 0 atom stereocenters. The van der Waals surface area contributed by atoms with Crippen molar-refractivity contribution in [3.8, 4) is 0 Å². The first-order valence-corrected chi connectivity index (χ1v) is 4.25. The highest BCUT2D eigenvalue weighted by Crippen LogP contribution is 2.12. The van der Waals surface area contributed by atoms with Crippen molar-refractivity contribution in [2.45, 2.75) is 0 Å². The molecule has 0 spiro atoms. The van der Waals surface area contributed by atoms with Crippen LogP contribution in [-0.2, 0) is 0 Å². The molecule has 0 amide bonds. The summed E-state index contributed by atoms with van der Waals surface area (Å²) in [4.78, 5) is 7.31. The molecule has 2 nitrogen and oxygen atoms in total. The van der Waals surface area contributed by atoms with Crippen LogP contribution in [0.3, 0.4) is 0 Å². The molecule has 0 unspecified atom stereocenters. The number of para-hydroxylation sites is 1. The van der Waals surface area contributed by atoms with Crippen LogP contribution in [0.15, 0.2) is 44.6 Å². The van der Waals surface area contributed by atoms with Gasteiger partial charge >= 0.3 is 6.08 Å². The third-order valence-corrected chi connectivity index (χ3v) is 2.22. The Morgan fingerprint density at radius 2 is 2.00 bits per heavy atom. The summed E-state index contributed by atoms with van der Waals surface area (Å²) in [7, 11) is 0. The van der Waals surface area contributed by atoms with Crippen molar-refractivity contribution in [3.63, 3.8) is 0 Å². The van der Waals surface area contributed by atoms with Crippen molar-refractivity contribution in [3.05, 3.63) is 45.3 Å². The van der Waals surface area contributed by atoms with Gasteiger partial charge in [-0.1, -0.05) is 6.07 Å². The average molecular weight is 245 g/mol. The summed E-state index contributed by atoms with van der Waals surface area (Å²) in [5.41, 5.74) is 0. The number of halogens is 3. The maximum atomic E-state index is 12.1. The summed E-state index contributed by atoms with van der Waals surface area (Å²) >= 11 is 3.20. The standard InChI is InChI=1S/C8H3BrF2N2/c9-4-2-1-3-5-6(4)13-8(12-5)7(10)11/h1-3H. The number of fused-ring (bicyclic) bond motifs is 1. The zero-order chi connectivity index (χ0) is 9.42. The monoisotopic (exact) mass is 244 g/mol. The molecule has 1 heterocycles. The van der Waals surface area contributed by atoms with Crippen LogP contribution in [0.25, 0.3) is 0 Å². The number of nitrogens with zero attached hydrogens (tertiary/aromatic N) is 2. The second-order valence-corrected chi connectivity index (χ2v) is 3.27. The molecule has 0 N–H and O–H groups in total. The largest absolute Gasteiger partial charge is 0.314 e. The Morgan fingerprint density at radius 1 is 1.23 bits per heavy atom. The molecule has 0 aromatic heterocycles. The molecule has 5 heteroatoms. The maximum Gasteiger partial charge on any atom is 0.314 e. The fourth-order valence-corrected chi connectivity index (χ4v) is 1.48. The van der Waals surface area contributed by atoms with Gasteiger partial charge < -0.3 is 0 Å². The highest BCUT2D eigenvalue weighted by Gasteiger charge is 2.09. The Kier molecular flexibility index (Phi) is 1.95. The maximum absolute atomic E-state index is 12.1. The first kappa shape index (κ1) is 8.50. The van der Waals surface area contributed by atoms with Gasteiger partial charge in [0.25, 0.3) is 0 Å². The summed E-state index contributed by atoms with van der Waals surface area (Å²) in [6.45, 7) is 0. The van der Waals surface area contributed by atoms with E-state index in [1.54, 1.807) is 18.2 Å². The zero-order valence-corrected chi connectivity index (χ0v) is 7.85. The average Bonchev–Trinajstić information content (AvgIpc) is 2.49. The van der Waals surface area contributed by atoms with Crippen molar-refractivity contribution in [2.24, 2.45) is 9.98 Å². The van der Waals surface area contributed by atoms with E-state index in [1.807, 2.05) is 0 Å². The van der Waals surface area contributed by atoms with E-state index in [4.69, 9.17) is 0 Å². The highest BCUT2D eigenvalue weighted by atomic mass is 79.9. The van der Waals surface area contributed by atoms with Crippen LogP contribution in [-0.4, -0.2) is 0 Å². The van der Waals surface area contributed by atoms with Gasteiger partial charge in [-0.2, -0.15) is 8.78 Å². The van der Waals surface area contributed by atoms with Crippen LogP contribution < -0.4 is 10.7 Å². The van der Waals surface area contributed by atoms with Gasteiger partial charge in [0.2, 0.25) is 5.82 Å². The zero-order valence-electron chi connectivity index (χ0n) is 6.26. The second kappa shape index (κ2) is 2.99. The minimum atomic E-state index is -1.86. The minimum Gasteiger partial charge on any atom is -0.222 e. The quantitative estimate of drug-likeness (QED) is 0.665. The molecule has 0 radical (unpaired) electrons. The second-order valence-electron chi connectivity index (χ2n) is 2.42. The fourth-order valence-electron chi connectivity index (χ4n) is 1.03. The molecule has 0 aliphatic carbocycles. The predicted octanol–water partition coefficient (Wildman–Crippen LogP) is 1.77. The molecular formula is C8H3BrF2N2. The molecule has 1 aromatic rings. The van der Waals surface area contributed by atoms with Crippen molar-refractivity contribution in [2.75, 3.05) is 0 Å². The molecular weight excluding hydrogens is 242 g/mol. The lowest BCUT2D eigenvalue weighted by Crippen LogP contribution is -2.21. The first-order chi connectivity index (χ1) is 6.18. The molecule has 13 heavy (non-hydrogen) atoms. The Balaban J connectivity index is 2.82. The molecule has 0 fully saturated rings. The van der Waals surface area contributed by atoms with E-state index >= 15 is 0 Å². The van der Waals surface area contributed by atoms with Crippen molar-refractivity contribution in [1.29, 1.82) is 0 Å². The Bertz CT molecular complexity index is 503. The van der Waals surface area contributed by atoms with Gasteiger partial charge in [-0.15, -0.1) is 0 Å². The lowest BCUT2D eigenvalue weighted by molar-refractivity contribution is 0.409. The van der Waals surface area contributed by atoms with E-state index < -0.39 is 11.9 Å². The first-order valence-electron chi connectivity index (χ1n) is 3.46. The number of benzene rings is 1. The van der Waals surface area contributed by atoms with E-state index in [-0.39, 0.29) is 0 Å². The fraction of sp³-hybridized carbons (Fsp3) is 0. The third-order valence-electron chi connectivity index (χ3n) is 1.58. The summed E-state index contributed by atoms with van der Waals surface area (Å²) in [5, 5.41) is 0.933. The highest BCUT2D eigenvalue weighted by molar-refractivity contribution is 9.10. The smallest absolute Gasteiger partial charge is 0.222 e. The van der Waals surface area contributed by atoms with Gasteiger partial charge in [0.05, 0.1) is 5.36 Å². The number of hydrogen-bond acceptors (Lipinski definition) is 2. The van der Waals surface area contributed by atoms with Gasteiger partial charge in [0.1, 0.15) is 5.36 Å². The molecule has 0 bridgehead atoms. The molecule has 1 aliphatic heterocycles. The minimum absolute atomic E-state index is 0.463. The third kappa shape index (κ3) is 1.39. The normalized spacial score (nSPS) is 13.3. The Morgan fingerprint density at radius 3 is 2.62 bits per heavy atom. The molecule has 1 aromatic carbocycles. The molecule has 66 valence electrons. The Labute approximate surface area is 80.5 Å². The number of rotatable bonds is 0. The van der Waals surface area contributed by atoms with Crippen LogP contribution in [0.4, 0.5) is 8.78 Å². The van der Waals surface area contributed by atoms with E-state index in [0.29, 0.717) is 15.2 Å². The summed E-state index contributed by atoms with van der Waals surface area (Å²) in [6.07, 6.45) is -1.86. The predicted molar refractivity (Wildman–Crippen MR) is 45.7 cm³/mol. The summed E-state index contributed by atoms with van der Waals surface area (Å²) < 4.78 is 24.9. The van der Waals surface area contributed by atoms with E-state index in [0.717, 1.165) is 0 Å². The molecule has 0 saturated carbocycles. The van der Waals surface area contributed by atoms with E-state index in [2.05, 4.69) is 25.9 Å². The van der Waals surface area contributed by atoms with Crippen LogP contribution in [0.5, 0.6) is 0 Å². The lowest BCUT2D eigenvalue weighted by atomic mass is 10.3. The van der Waals surface area contributed by atoms with Gasteiger partial charge in [-0.3, -0.25) is 0 Å². The van der Waals surface area contributed by atoms with Crippen molar-refractivity contribution >= 4 is 15.9 Å². The van der Waals surface area contributed by atoms with Gasteiger partial charge in [-0.05, 0) is 28.1 Å². The van der Waals surface area contributed by atoms with Gasteiger partial charge in [-0.25, -0.2) is 9.98 Å². The Hall–Kier alpha value is -1.10. The summed E-state index contributed by atoms with van der Waals surface area (Å²) in [6, 6.07) is 5.09. The molecule has 0 saturated heterocycles. The van der Waals surface area contributed by atoms with Crippen LogP contribution in [0.2, 0.25) is 0 Å². The molecule has 2 rings (SSSR count). The SMILES string of the molecule is FC(F)=C1N=c2cccc(Br)c2=N1. The van der Waals surface area contributed by atoms with Crippen LogP contribution in [0.1, 0.15) is 0 Å². The van der Waals surface area contributed by atoms with Crippen LogP contribution in [0, 0.1) is 0 Å².